The van der Waals surface area contributed by atoms with E-state index in [0.717, 1.165) is 11.3 Å². The number of pyridine rings is 2. The van der Waals surface area contributed by atoms with Crippen molar-refractivity contribution in [3.05, 3.63) is 59.9 Å². The highest BCUT2D eigenvalue weighted by molar-refractivity contribution is 5.73. The second kappa shape index (κ2) is 6.27. The molecule has 7 nitrogen and oxygen atoms in total. The molecule has 0 saturated heterocycles. The van der Waals surface area contributed by atoms with Crippen molar-refractivity contribution in [2.45, 2.75) is 20.5 Å². The van der Waals surface area contributed by atoms with Crippen molar-refractivity contribution in [2.24, 2.45) is 0 Å². The summed E-state index contributed by atoms with van der Waals surface area (Å²) in [7, 11) is 0. The zero-order chi connectivity index (χ0) is 17.2. The molecule has 124 valence electrons. The molecule has 0 unspecified atom stereocenters. The van der Waals surface area contributed by atoms with E-state index in [2.05, 4.69) is 24.9 Å². The van der Waals surface area contributed by atoms with E-state index in [1.165, 1.54) is 0 Å². The van der Waals surface area contributed by atoms with E-state index in [9.17, 15) is 0 Å². The fourth-order valence-electron chi connectivity index (χ4n) is 2.31. The van der Waals surface area contributed by atoms with Gasteiger partial charge in [0, 0.05) is 18.5 Å². The van der Waals surface area contributed by atoms with Gasteiger partial charge in [0.2, 0.25) is 11.6 Å². The van der Waals surface area contributed by atoms with Crippen LogP contribution in [0.15, 0.2) is 47.3 Å². The molecule has 0 fully saturated rings. The molecule has 0 amide bonds. The minimum absolute atomic E-state index is 0.364. The molecule has 0 bridgehead atoms. The van der Waals surface area contributed by atoms with Gasteiger partial charge in [-0.2, -0.15) is 0 Å². The van der Waals surface area contributed by atoms with Crippen LogP contribution in [0.2, 0.25) is 0 Å². The van der Waals surface area contributed by atoms with E-state index in [-0.39, 0.29) is 0 Å². The Hall–Kier alpha value is -3.35. The molecule has 4 aromatic heterocycles. The number of aromatic nitrogens is 5. The summed E-state index contributed by atoms with van der Waals surface area (Å²) in [5.74, 6) is 1.67. The Labute approximate surface area is 143 Å². The van der Waals surface area contributed by atoms with Gasteiger partial charge < -0.3 is 9.15 Å². The van der Waals surface area contributed by atoms with Crippen LogP contribution in [0.4, 0.5) is 0 Å². The van der Waals surface area contributed by atoms with Crippen LogP contribution < -0.4 is 4.74 Å². The van der Waals surface area contributed by atoms with Gasteiger partial charge in [0.25, 0.3) is 0 Å². The fraction of sp³-hybridized carbons (Fsp3) is 0.167. The van der Waals surface area contributed by atoms with Crippen LogP contribution >= 0.6 is 0 Å². The molecule has 7 heteroatoms. The molecule has 4 heterocycles. The maximum absolute atomic E-state index is 5.74. The van der Waals surface area contributed by atoms with Gasteiger partial charge in [-0.3, -0.25) is 4.98 Å². The lowest BCUT2D eigenvalue weighted by Crippen LogP contribution is -1.98. The maximum atomic E-state index is 5.74. The minimum atomic E-state index is 0.364. The van der Waals surface area contributed by atoms with E-state index >= 15 is 0 Å². The van der Waals surface area contributed by atoms with E-state index in [1.807, 2.05) is 32.2 Å². The third-order valence-corrected chi connectivity index (χ3v) is 3.58. The topological polar surface area (TPSA) is 86.8 Å². The van der Waals surface area contributed by atoms with E-state index in [4.69, 9.17) is 9.15 Å². The van der Waals surface area contributed by atoms with Gasteiger partial charge in [-0.15, -0.1) is 0 Å². The predicted molar refractivity (Wildman–Crippen MR) is 90.9 cm³/mol. The Morgan fingerprint density at radius 2 is 1.92 bits per heavy atom. The van der Waals surface area contributed by atoms with Gasteiger partial charge in [-0.25, -0.2) is 19.9 Å². The quantitative estimate of drug-likeness (QED) is 0.566. The second-order valence-electron chi connectivity index (χ2n) is 5.62. The van der Waals surface area contributed by atoms with Gasteiger partial charge in [0.05, 0.1) is 11.9 Å². The van der Waals surface area contributed by atoms with Crippen LogP contribution in [0.25, 0.3) is 22.8 Å². The lowest BCUT2D eigenvalue weighted by molar-refractivity contribution is 0.300. The van der Waals surface area contributed by atoms with Crippen molar-refractivity contribution in [1.29, 1.82) is 0 Å². The first-order valence-corrected chi connectivity index (χ1v) is 7.78. The summed E-state index contributed by atoms with van der Waals surface area (Å²) in [6.45, 7) is 4.18. The number of hydrogen-bond donors (Lipinski definition) is 0. The number of fused-ring (bicyclic) bond motifs is 1. The molecule has 0 spiro atoms. The summed E-state index contributed by atoms with van der Waals surface area (Å²) in [5, 5.41) is 0. The fourth-order valence-corrected chi connectivity index (χ4v) is 2.31. The smallest absolute Gasteiger partial charge is 0.248 e. The van der Waals surface area contributed by atoms with Gasteiger partial charge in [-0.05, 0) is 31.5 Å². The van der Waals surface area contributed by atoms with E-state index < -0.39 is 0 Å². The predicted octanol–water partition coefficient (Wildman–Crippen LogP) is 3.27. The Balaban J connectivity index is 1.56. The molecule has 0 saturated carbocycles. The summed E-state index contributed by atoms with van der Waals surface area (Å²) in [6.07, 6.45) is 5.09. The summed E-state index contributed by atoms with van der Waals surface area (Å²) in [4.78, 5) is 21.4. The van der Waals surface area contributed by atoms with Crippen molar-refractivity contribution in [2.75, 3.05) is 0 Å². The SMILES string of the molecule is Cc1ccc(COc2cnc3oc(-c4ccnc(C)n4)nc3c2)nc1. The van der Waals surface area contributed by atoms with Crippen molar-refractivity contribution in [3.63, 3.8) is 0 Å². The number of rotatable bonds is 4. The highest BCUT2D eigenvalue weighted by Gasteiger charge is 2.12. The van der Waals surface area contributed by atoms with Crippen molar-refractivity contribution < 1.29 is 9.15 Å². The zero-order valence-corrected chi connectivity index (χ0v) is 13.8. The molecule has 0 aliphatic carbocycles. The van der Waals surface area contributed by atoms with Crippen LogP contribution in [0.1, 0.15) is 17.1 Å². The number of hydrogen-bond acceptors (Lipinski definition) is 7. The van der Waals surface area contributed by atoms with Gasteiger partial charge in [-0.1, -0.05) is 6.07 Å². The number of ether oxygens (including phenoxy) is 1. The molecule has 0 aliphatic heterocycles. The van der Waals surface area contributed by atoms with Gasteiger partial charge in [0.15, 0.2) is 0 Å². The third kappa shape index (κ3) is 3.30. The van der Waals surface area contributed by atoms with Crippen molar-refractivity contribution >= 4 is 11.2 Å². The highest BCUT2D eigenvalue weighted by Crippen LogP contribution is 2.24. The number of oxazole rings is 1. The first kappa shape index (κ1) is 15.2. The average molecular weight is 333 g/mol. The van der Waals surface area contributed by atoms with Crippen LogP contribution in [0, 0.1) is 13.8 Å². The molecule has 0 N–H and O–H groups in total. The first-order valence-electron chi connectivity index (χ1n) is 7.78. The highest BCUT2D eigenvalue weighted by atomic mass is 16.5. The van der Waals surface area contributed by atoms with Crippen molar-refractivity contribution in [1.82, 2.24) is 24.9 Å². The second-order valence-corrected chi connectivity index (χ2v) is 5.62. The lowest BCUT2D eigenvalue weighted by Gasteiger charge is -2.04. The molecule has 0 atom stereocenters. The number of aryl methyl sites for hydroxylation is 2. The first-order chi connectivity index (χ1) is 12.2. The number of nitrogens with zero attached hydrogens (tertiary/aromatic N) is 5. The zero-order valence-electron chi connectivity index (χ0n) is 13.8. The largest absolute Gasteiger partial charge is 0.486 e. The van der Waals surface area contributed by atoms with E-state index in [0.29, 0.717) is 41.0 Å². The Morgan fingerprint density at radius 3 is 2.72 bits per heavy atom. The standard InChI is InChI=1S/C18H15N5O2/c1-11-3-4-13(20-8-11)10-24-14-7-16-17(21-9-14)25-18(23-16)15-5-6-19-12(2)22-15/h3-9H,10H2,1-2H3. The molecular formula is C18H15N5O2. The summed E-state index contributed by atoms with van der Waals surface area (Å²) in [5.41, 5.74) is 3.63. The van der Waals surface area contributed by atoms with Crippen molar-refractivity contribution in [3.8, 4) is 17.3 Å². The molecule has 4 aromatic rings. The minimum Gasteiger partial charge on any atom is -0.486 e. The summed E-state index contributed by atoms with van der Waals surface area (Å²) in [6, 6.07) is 7.48. The van der Waals surface area contributed by atoms with E-state index in [1.54, 1.807) is 24.5 Å². The lowest BCUT2D eigenvalue weighted by atomic mass is 10.3. The van der Waals surface area contributed by atoms with Crippen LogP contribution in [-0.4, -0.2) is 24.9 Å². The van der Waals surface area contributed by atoms with Gasteiger partial charge >= 0.3 is 0 Å². The molecule has 0 aromatic carbocycles. The molecule has 0 radical (unpaired) electrons. The van der Waals surface area contributed by atoms with Crippen LogP contribution in [0.5, 0.6) is 5.75 Å². The van der Waals surface area contributed by atoms with Crippen LogP contribution in [0.3, 0.4) is 0 Å². The third-order valence-electron chi connectivity index (χ3n) is 3.58. The Bertz CT molecular complexity index is 1030. The normalized spacial score (nSPS) is 11.0. The molecule has 4 rings (SSSR count). The average Bonchev–Trinajstić information content (AvgIpc) is 3.05. The summed E-state index contributed by atoms with van der Waals surface area (Å²) < 4.78 is 11.4. The molecular weight excluding hydrogens is 318 g/mol. The maximum Gasteiger partial charge on any atom is 0.248 e. The Morgan fingerprint density at radius 1 is 1.00 bits per heavy atom. The molecule has 25 heavy (non-hydrogen) atoms. The Kier molecular flexibility index (Phi) is 3.81. The summed E-state index contributed by atoms with van der Waals surface area (Å²) >= 11 is 0. The van der Waals surface area contributed by atoms with Crippen LogP contribution in [-0.2, 0) is 6.61 Å². The van der Waals surface area contributed by atoms with Gasteiger partial charge in [0.1, 0.15) is 29.4 Å². The molecule has 0 aliphatic rings. The monoisotopic (exact) mass is 333 g/mol.